The van der Waals surface area contributed by atoms with Crippen LogP contribution >= 0.6 is 11.3 Å². The topological polar surface area (TPSA) is 67.3 Å². The summed E-state index contributed by atoms with van der Waals surface area (Å²) < 4.78 is 5.22. The van der Waals surface area contributed by atoms with Crippen LogP contribution in [0.4, 0.5) is 5.82 Å². The molecule has 0 atom stereocenters. The molecule has 0 saturated heterocycles. The molecule has 0 bridgehead atoms. The van der Waals surface area contributed by atoms with Crippen LogP contribution in [-0.2, 0) is 11.2 Å². The molecule has 0 aromatic carbocycles. The molecule has 0 unspecified atom stereocenters. The van der Waals surface area contributed by atoms with Gasteiger partial charge in [-0.3, -0.25) is 0 Å². The fourth-order valence-corrected chi connectivity index (χ4v) is 2.81. The number of hydrogen-bond donors (Lipinski definition) is 2. The summed E-state index contributed by atoms with van der Waals surface area (Å²) in [6, 6.07) is 2.15. The first-order chi connectivity index (χ1) is 9.24. The van der Waals surface area contributed by atoms with Gasteiger partial charge in [0.05, 0.1) is 25.2 Å². The minimum Gasteiger partial charge on any atom is -0.394 e. The summed E-state index contributed by atoms with van der Waals surface area (Å²) in [5.41, 5.74) is 0. The van der Waals surface area contributed by atoms with Crippen molar-refractivity contribution < 1.29 is 9.84 Å². The third-order valence-corrected chi connectivity index (χ3v) is 3.85. The summed E-state index contributed by atoms with van der Waals surface area (Å²) in [7, 11) is 0. The van der Waals surface area contributed by atoms with Gasteiger partial charge in [-0.15, -0.1) is 11.3 Å². The minimum atomic E-state index is 0.0568. The first-order valence-electron chi connectivity index (χ1n) is 6.44. The predicted octanol–water partition coefficient (Wildman–Crippen LogP) is 1.98. The summed E-state index contributed by atoms with van der Waals surface area (Å²) in [5, 5.41) is 13.0. The number of ether oxygens (including phenoxy) is 1. The van der Waals surface area contributed by atoms with E-state index in [1.165, 1.54) is 4.88 Å². The van der Waals surface area contributed by atoms with E-state index in [9.17, 15) is 0 Å². The third kappa shape index (κ3) is 3.62. The van der Waals surface area contributed by atoms with Gasteiger partial charge in [-0.25, -0.2) is 9.97 Å². The number of aliphatic hydroxyl groups is 1. The molecule has 2 aromatic heterocycles. The molecule has 0 fully saturated rings. The molecule has 2 rings (SSSR count). The van der Waals surface area contributed by atoms with Crippen molar-refractivity contribution in [3.8, 4) is 0 Å². The molecule has 0 radical (unpaired) electrons. The van der Waals surface area contributed by atoms with Gasteiger partial charge in [0.25, 0.3) is 0 Å². The summed E-state index contributed by atoms with van der Waals surface area (Å²) in [6.07, 6.45) is 1.01. The molecular formula is C13H19N3O2S. The van der Waals surface area contributed by atoms with E-state index in [-0.39, 0.29) is 6.61 Å². The Morgan fingerprint density at radius 1 is 1.37 bits per heavy atom. The van der Waals surface area contributed by atoms with E-state index in [0.717, 1.165) is 28.3 Å². The maximum atomic E-state index is 8.63. The number of rotatable bonds is 7. The monoisotopic (exact) mass is 281 g/mol. The standard InChI is InChI=1S/C13H19N3O2S/c1-3-10-8-11-12(14-4-6-18-7-5-17)15-9(2)16-13(11)19-10/h8,17H,3-7H2,1-2H3,(H,14,15,16). The van der Waals surface area contributed by atoms with Crippen molar-refractivity contribution in [1.29, 1.82) is 0 Å². The zero-order valence-electron chi connectivity index (χ0n) is 11.3. The summed E-state index contributed by atoms with van der Waals surface area (Å²) >= 11 is 1.72. The second kappa shape index (κ2) is 6.79. The van der Waals surface area contributed by atoms with E-state index in [0.29, 0.717) is 19.8 Å². The maximum Gasteiger partial charge on any atom is 0.138 e. The van der Waals surface area contributed by atoms with E-state index < -0.39 is 0 Å². The second-order valence-corrected chi connectivity index (χ2v) is 5.28. The highest BCUT2D eigenvalue weighted by Crippen LogP contribution is 2.29. The molecule has 5 nitrogen and oxygen atoms in total. The van der Waals surface area contributed by atoms with Crippen LogP contribution < -0.4 is 5.32 Å². The Bertz CT molecular complexity index is 542. The summed E-state index contributed by atoms with van der Waals surface area (Å²) in [6.45, 7) is 5.69. The van der Waals surface area contributed by atoms with Gasteiger partial charge in [-0.2, -0.15) is 0 Å². The maximum absolute atomic E-state index is 8.63. The lowest BCUT2D eigenvalue weighted by atomic mass is 10.3. The van der Waals surface area contributed by atoms with Gasteiger partial charge < -0.3 is 15.2 Å². The molecule has 0 amide bonds. The van der Waals surface area contributed by atoms with Crippen LogP contribution in [0.5, 0.6) is 0 Å². The Kier molecular flexibility index (Phi) is 5.07. The van der Waals surface area contributed by atoms with Crippen LogP contribution in [0.15, 0.2) is 6.07 Å². The predicted molar refractivity (Wildman–Crippen MR) is 77.9 cm³/mol. The number of aliphatic hydroxyl groups excluding tert-OH is 1. The van der Waals surface area contributed by atoms with E-state index in [4.69, 9.17) is 9.84 Å². The van der Waals surface area contributed by atoms with Crippen molar-refractivity contribution in [2.75, 3.05) is 31.7 Å². The normalized spacial score (nSPS) is 11.1. The molecule has 0 aliphatic heterocycles. The second-order valence-electron chi connectivity index (χ2n) is 4.17. The molecule has 2 N–H and O–H groups in total. The van der Waals surface area contributed by atoms with Gasteiger partial charge in [0.1, 0.15) is 16.5 Å². The first kappa shape index (κ1) is 14.2. The van der Waals surface area contributed by atoms with Gasteiger partial charge in [-0.1, -0.05) is 6.92 Å². The lowest BCUT2D eigenvalue weighted by Gasteiger charge is -2.07. The van der Waals surface area contributed by atoms with Gasteiger partial charge in [0, 0.05) is 11.4 Å². The Morgan fingerprint density at radius 3 is 2.95 bits per heavy atom. The number of thiophene rings is 1. The molecule has 0 saturated carbocycles. The number of anilines is 1. The number of aryl methyl sites for hydroxylation is 2. The number of aromatic nitrogens is 2. The molecule has 0 spiro atoms. The van der Waals surface area contributed by atoms with Gasteiger partial charge in [0.15, 0.2) is 0 Å². The Labute approximate surface area is 116 Å². The van der Waals surface area contributed by atoms with E-state index in [2.05, 4.69) is 28.3 Å². The van der Waals surface area contributed by atoms with Crippen LogP contribution in [0, 0.1) is 6.92 Å². The van der Waals surface area contributed by atoms with Crippen LogP contribution in [0.1, 0.15) is 17.6 Å². The van der Waals surface area contributed by atoms with Gasteiger partial charge in [-0.05, 0) is 19.4 Å². The van der Waals surface area contributed by atoms with E-state index in [1.807, 2.05) is 6.92 Å². The highest BCUT2D eigenvalue weighted by Gasteiger charge is 2.09. The van der Waals surface area contributed by atoms with Crippen molar-refractivity contribution in [3.63, 3.8) is 0 Å². The van der Waals surface area contributed by atoms with Crippen LogP contribution in [0.25, 0.3) is 10.2 Å². The zero-order chi connectivity index (χ0) is 13.7. The molecule has 19 heavy (non-hydrogen) atoms. The first-order valence-corrected chi connectivity index (χ1v) is 7.25. The zero-order valence-corrected chi connectivity index (χ0v) is 12.1. The lowest BCUT2D eigenvalue weighted by Crippen LogP contribution is -2.12. The lowest BCUT2D eigenvalue weighted by molar-refractivity contribution is 0.0992. The van der Waals surface area contributed by atoms with Crippen molar-refractivity contribution in [1.82, 2.24) is 9.97 Å². The SMILES string of the molecule is CCc1cc2c(NCCOCCO)nc(C)nc2s1. The Hall–Kier alpha value is -1.24. The van der Waals surface area contributed by atoms with Crippen molar-refractivity contribution in [2.24, 2.45) is 0 Å². The fourth-order valence-electron chi connectivity index (χ4n) is 1.80. The molecular weight excluding hydrogens is 262 g/mol. The Morgan fingerprint density at radius 2 is 2.21 bits per heavy atom. The molecule has 2 aromatic rings. The number of nitrogens with one attached hydrogen (secondary N) is 1. The molecule has 0 aliphatic carbocycles. The Balaban J connectivity index is 2.10. The third-order valence-electron chi connectivity index (χ3n) is 2.68. The smallest absolute Gasteiger partial charge is 0.138 e. The largest absolute Gasteiger partial charge is 0.394 e. The summed E-state index contributed by atoms with van der Waals surface area (Å²) in [4.78, 5) is 11.3. The number of hydrogen-bond acceptors (Lipinski definition) is 6. The van der Waals surface area contributed by atoms with Crippen LogP contribution in [-0.4, -0.2) is 41.4 Å². The number of fused-ring (bicyclic) bond motifs is 1. The van der Waals surface area contributed by atoms with Gasteiger partial charge in [0.2, 0.25) is 0 Å². The average Bonchev–Trinajstić information content (AvgIpc) is 2.81. The highest BCUT2D eigenvalue weighted by molar-refractivity contribution is 7.18. The fraction of sp³-hybridized carbons (Fsp3) is 0.538. The van der Waals surface area contributed by atoms with E-state index in [1.54, 1.807) is 11.3 Å². The van der Waals surface area contributed by atoms with E-state index >= 15 is 0 Å². The van der Waals surface area contributed by atoms with Crippen molar-refractivity contribution >= 4 is 27.4 Å². The quantitative estimate of drug-likeness (QED) is 0.760. The summed E-state index contributed by atoms with van der Waals surface area (Å²) in [5.74, 6) is 1.64. The van der Waals surface area contributed by atoms with Crippen LogP contribution in [0.3, 0.4) is 0 Å². The highest BCUT2D eigenvalue weighted by atomic mass is 32.1. The number of nitrogens with zero attached hydrogens (tertiary/aromatic N) is 2. The minimum absolute atomic E-state index is 0.0568. The molecule has 104 valence electrons. The molecule has 6 heteroatoms. The van der Waals surface area contributed by atoms with Gasteiger partial charge >= 0.3 is 0 Å². The van der Waals surface area contributed by atoms with Crippen molar-refractivity contribution in [2.45, 2.75) is 20.3 Å². The van der Waals surface area contributed by atoms with Crippen molar-refractivity contribution in [3.05, 3.63) is 16.8 Å². The molecule has 0 aliphatic rings. The average molecular weight is 281 g/mol. The van der Waals surface area contributed by atoms with Crippen LogP contribution in [0.2, 0.25) is 0 Å². The molecule has 2 heterocycles.